The molecule has 0 spiro atoms. The van der Waals surface area contributed by atoms with Gasteiger partial charge in [-0.05, 0) is 125 Å². The standard InChI is InChI=1S/C44H66B2O4/c1-11-13-15-17-19-21-25-33-31-35(45-47-41(3,4)42(5,6)48-45)29-30-36(33)40-34(26-22-20-18-16-14-12-2)32-39(37-27-23-24-28-38(37)40)46-49-43(7,8)44(9,10)50-46/h23-24,27-32H,11-22,25-26H2,1-10H3. The number of fused-ring (bicyclic) bond motifs is 1. The van der Waals surface area contributed by atoms with Crippen molar-refractivity contribution in [3.05, 3.63) is 59.7 Å². The molecule has 2 aliphatic heterocycles. The number of benzene rings is 3. The third-order valence-corrected chi connectivity index (χ3v) is 12.2. The van der Waals surface area contributed by atoms with Crippen LogP contribution < -0.4 is 10.9 Å². The van der Waals surface area contributed by atoms with E-state index >= 15 is 0 Å². The zero-order valence-corrected chi connectivity index (χ0v) is 33.3. The maximum atomic E-state index is 6.70. The minimum absolute atomic E-state index is 0.373. The smallest absolute Gasteiger partial charge is 0.399 e. The molecule has 0 aromatic heterocycles. The lowest BCUT2D eigenvalue weighted by molar-refractivity contribution is 0.00578. The van der Waals surface area contributed by atoms with Gasteiger partial charge in [-0.1, -0.05) is 127 Å². The SMILES string of the molecule is CCCCCCCCc1cc(B2OC(C)(C)C(C)(C)O2)ccc1-c1c(CCCCCCCC)cc(B2OC(C)(C)C(C)(C)O2)c2ccccc12. The van der Waals surface area contributed by atoms with Gasteiger partial charge >= 0.3 is 14.2 Å². The van der Waals surface area contributed by atoms with E-state index in [1.54, 1.807) is 0 Å². The van der Waals surface area contributed by atoms with Gasteiger partial charge in [0.05, 0.1) is 22.4 Å². The molecule has 0 unspecified atom stereocenters. The Morgan fingerprint density at radius 1 is 0.480 bits per heavy atom. The van der Waals surface area contributed by atoms with Crippen molar-refractivity contribution >= 4 is 35.9 Å². The predicted molar refractivity (Wildman–Crippen MR) is 215 cm³/mol. The molecule has 0 bridgehead atoms. The Labute approximate surface area is 306 Å². The molecule has 2 aliphatic rings. The van der Waals surface area contributed by atoms with Crippen LogP contribution in [0.1, 0.15) is 157 Å². The molecule has 0 saturated carbocycles. The van der Waals surface area contributed by atoms with E-state index in [0.29, 0.717) is 0 Å². The van der Waals surface area contributed by atoms with Crippen LogP contribution in [0.4, 0.5) is 0 Å². The highest BCUT2D eigenvalue weighted by Gasteiger charge is 2.53. The summed E-state index contributed by atoms with van der Waals surface area (Å²) in [5.41, 5.74) is 6.22. The summed E-state index contributed by atoms with van der Waals surface area (Å²) >= 11 is 0. The van der Waals surface area contributed by atoms with E-state index in [-0.39, 0.29) is 18.3 Å². The van der Waals surface area contributed by atoms with Gasteiger partial charge < -0.3 is 18.6 Å². The maximum Gasteiger partial charge on any atom is 0.495 e. The van der Waals surface area contributed by atoms with E-state index < -0.39 is 18.3 Å². The molecule has 50 heavy (non-hydrogen) atoms. The molecule has 0 N–H and O–H groups in total. The van der Waals surface area contributed by atoms with Crippen LogP contribution in [-0.2, 0) is 31.5 Å². The van der Waals surface area contributed by atoms with E-state index in [9.17, 15) is 0 Å². The highest BCUT2D eigenvalue weighted by atomic mass is 16.7. The third kappa shape index (κ3) is 8.57. The fourth-order valence-corrected chi connectivity index (χ4v) is 7.53. The van der Waals surface area contributed by atoms with Crippen LogP contribution in [0.5, 0.6) is 0 Å². The quantitative estimate of drug-likeness (QED) is 0.105. The maximum absolute atomic E-state index is 6.70. The van der Waals surface area contributed by atoms with Crippen molar-refractivity contribution in [3.8, 4) is 11.1 Å². The average Bonchev–Trinajstić information content (AvgIpc) is 3.43. The van der Waals surface area contributed by atoms with Crippen molar-refractivity contribution in [3.63, 3.8) is 0 Å². The van der Waals surface area contributed by atoms with E-state index in [4.69, 9.17) is 18.6 Å². The summed E-state index contributed by atoms with van der Waals surface area (Å²) in [7, 11) is -0.780. The van der Waals surface area contributed by atoms with Crippen molar-refractivity contribution in [2.45, 2.75) is 182 Å². The molecule has 4 nitrogen and oxygen atoms in total. The largest absolute Gasteiger partial charge is 0.495 e. The van der Waals surface area contributed by atoms with Gasteiger partial charge in [0.25, 0.3) is 0 Å². The summed E-state index contributed by atoms with van der Waals surface area (Å²) < 4.78 is 26.5. The highest BCUT2D eigenvalue weighted by molar-refractivity contribution is 6.65. The first-order valence-electron chi connectivity index (χ1n) is 20.1. The summed E-state index contributed by atoms with van der Waals surface area (Å²) in [6.07, 6.45) is 17.4. The van der Waals surface area contributed by atoms with Crippen molar-refractivity contribution in [1.82, 2.24) is 0 Å². The molecule has 2 fully saturated rings. The Balaban J connectivity index is 1.60. The number of hydrogen-bond acceptors (Lipinski definition) is 4. The Kier molecular flexibility index (Phi) is 12.7. The molecule has 0 amide bonds. The normalized spacial score (nSPS) is 19.2. The topological polar surface area (TPSA) is 36.9 Å². The van der Waals surface area contributed by atoms with Crippen molar-refractivity contribution in [2.24, 2.45) is 0 Å². The van der Waals surface area contributed by atoms with Gasteiger partial charge in [-0.3, -0.25) is 0 Å². The van der Waals surface area contributed by atoms with E-state index in [2.05, 4.69) is 118 Å². The first kappa shape index (κ1) is 39.1. The number of unbranched alkanes of at least 4 members (excludes halogenated alkanes) is 10. The second kappa shape index (κ2) is 16.3. The number of aryl methyl sites for hydroxylation is 2. The minimum Gasteiger partial charge on any atom is -0.399 e. The zero-order valence-electron chi connectivity index (χ0n) is 33.3. The van der Waals surface area contributed by atoms with E-state index in [1.807, 2.05) is 0 Å². The molecule has 0 atom stereocenters. The van der Waals surface area contributed by atoms with Crippen molar-refractivity contribution in [1.29, 1.82) is 0 Å². The zero-order chi connectivity index (χ0) is 36.2. The van der Waals surface area contributed by atoms with Gasteiger partial charge in [0, 0.05) is 0 Å². The minimum atomic E-state index is -0.407. The molecule has 272 valence electrons. The van der Waals surface area contributed by atoms with Crippen molar-refractivity contribution in [2.75, 3.05) is 0 Å². The van der Waals surface area contributed by atoms with Crippen LogP contribution in [0.2, 0.25) is 0 Å². The lowest BCUT2D eigenvalue weighted by Crippen LogP contribution is -2.41. The number of hydrogen-bond donors (Lipinski definition) is 0. The summed E-state index contributed by atoms with van der Waals surface area (Å²) in [6.45, 7) is 21.7. The molecule has 6 heteroatoms. The van der Waals surface area contributed by atoms with Gasteiger partial charge in [0.2, 0.25) is 0 Å². The molecule has 5 rings (SSSR count). The fourth-order valence-electron chi connectivity index (χ4n) is 7.53. The molecule has 0 radical (unpaired) electrons. The van der Waals surface area contributed by atoms with Gasteiger partial charge in [-0.15, -0.1) is 0 Å². The molecule has 0 aliphatic carbocycles. The monoisotopic (exact) mass is 681 g/mol. The summed E-state index contributed by atoms with van der Waals surface area (Å²) in [5.74, 6) is 0. The lowest BCUT2D eigenvalue weighted by Gasteiger charge is -2.32. The number of rotatable bonds is 17. The Bertz CT molecular complexity index is 1540. The molecular weight excluding hydrogens is 614 g/mol. The summed E-state index contributed by atoms with van der Waals surface area (Å²) in [4.78, 5) is 0. The van der Waals surface area contributed by atoms with Gasteiger partial charge in [0.1, 0.15) is 0 Å². The summed E-state index contributed by atoms with van der Waals surface area (Å²) in [5, 5.41) is 2.50. The molecule has 3 aromatic rings. The van der Waals surface area contributed by atoms with E-state index in [1.165, 1.54) is 110 Å². The molecule has 3 aromatic carbocycles. The van der Waals surface area contributed by atoms with E-state index in [0.717, 1.165) is 23.8 Å². The van der Waals surface area contributed by atoms with Crippen LogP contribution in [0.15, 0.2) is 48.5 Å². The van der Waals surface area contributed by atoms with Crippen LogP contribution >= 0.6 is 0 Å². The fraction of sp³-hybridized carbons (Fsp3) is 0.636. The van der Waals surface area contributed by atoms with Gasteiger partial charge in [-0.2, -0.15) is 0 Å². The Morgan fingerprint density at radius 3 is 1.48 bits per heavy atom. The Hall–Kier alpha value is -2.11. The van der Waals surface area contributed by atoms with Crippen LogP contribution in [-0.4, -0.2) is 36.6 Å². The van der Waals surface area contributed by atoms with Crippen LogP contribution in [0.3, 0.4) is 0 Å². The first-order valence-corrected chi connectivity index (χ1v) is 20.1. The van der Waals surface area contributed by atoms with Crippen LogP contribution in [0.25, 0.3) is 21.9 Å². The second-order valence-electron chi connectivity index (χ2n) is 17.2. The molecule has 2 heterocycles. The second-order valence-corrected chi connectivity index (χ2v) is 17.2. The lowest BCUT2D eigenvalue weighted by atomic mass is 9.72. The highest BCUT2D eigenvalue weighted by Crippen LogP contribution is 2.41. The van der Waals surface area contributed by atoms with Gasteiger partial charge in [-0.25, -0.2) is 0 Å². The van der Waals surface area contributed by atoms with Crippen LogP contribution in [0, 0.1) is 0 Å². The average molecular weight is 681 g/mol. The molecule has 2 saturated heterocycles. The predicted octanol–water partition coefficient (Wildman–Crippen LogP) is 10.9. The molecular formula is C44H66B2O4. The summed E-state index contributed by atoms with van der Waals surface area (Å²) in [6, 6.07) is 18.4. The van der Waals surface area contributed by atoms with Gasteiger partial charge in [0.15, 0.2) is 0 Å². The first-order chi connectivity index (χ1) is 23.7. The third-order valence-electron chi connectivity index (χ3n) is 12.2. The van der Waals surface area contributed by atoms with Crippen molar-refractivity contribution < 1.29 is 18.6 Å². The Morgan fingerprint density at radius 2 is 0.940 bits per heavy atom.